The zero-order valence-electron chi connectivity index (χ0n) is 24.1. The number of benzene rings is 5. The largest absolute Gasteiger partial charge is 0.461 e. The molecule has 3 nitrogen and oxygen atoms in total. The van der Waals surface area contributed by atoms with Gasteiger partial charge in [-0.3, -0.25) is 0 Å². The van der Waals surface area contributed by atoms with Crippen LogP contribution in [-0.2, 0) is 0 Å². The number of nitrogens with zero attached hydrogens (tertiary/aromatic N) is 1. The Labute approximate surface area is 245 Å². The number of hydrogen-bond acceptors (Lipinski definition) is 3. The maximum atomic E-state index is 6.52. The minimum atomic E-state index is 0.102. The lowest BCUT2D eigenvalue weighted by molar-refractivity contribution is 0.579. The normalized spacial score (nSPS) is 12.7. The van der Waals surface area contributed by atoms with E-state index in [1.807, 2.05) is 0 Å². The highest BCUT2D eigenvalue weighted by molar-refractivity contribution is 7.01. The van der Waals surface area contributed by atoms with Gasteiger partial charge in [0.05, 0.1) is 0 Å². The average molecular weight is 541 g/mol. The summed E-state index contributed by atoms with van der Waals surface area (Å²) in [5.41, 5.74) is 16.7. The second kappa shape index (κ2) is 8.30. The number of rotatable bonds is 3. The van der Waals surface area contributed by atoms with Gasteiger partial charge in [0.15, 0.2) is 0 Å². The molecule has 2 aliphatic heterocycles. The van der Waals surface area contributed by atoms with Crippen LogP contribution in [0.25, 0.3) is 44.2 Å². The molecule has 7 aromatic rings. The molecule has 5 aromatic carbocycles. The van der Waals surface area contributed by atoms with Crippen LogP contribution in [0.1, 0.15) is 22.6 Å². The molecule has 0 N–H and O–H groups in total. The van der Waals surface area contributed by atoms with Gasteiger partial charge in [-0.1, -0.05) is 64.9 Å². The van der Waals surface area contributed by atoms with Crippen molar-refractivity contribution in [3.63, 3.8) is 0 Å². The molecule has 4 heterocycles. The van der Waals surface area contributed by atoms with Gasteiger partial charge in [0.2, 0.25) is 6.71 Å². The maximum absolute atomic E-state index is 6.52. The number of furan rings is 2. The van der Waals surface area contributed by atoms with Crippen molar-refractivity contribution in [2.45, 2.75) is 27.7 Å². The second-order valence-electron chi connectivity index (χ2n) is 11.9. The first-order valence-corrected chi connectivity index (χ1v) is 14.6. The summed E-state index contributed by atoms with van der Waals surface area (Å²) >= 11 is 0. The number of anilines is 3. The van der Waals surface area contributed by atoms with E-state index in [9.17, 15) is 0 Å². The average Bonchev–Trinajstić information content (AvgIpc) is 3.49. The van der Waals surface area contributed by atoms with Crippen molar-refractivity contribution >= 4 is 62.1 Å². The minimum absolute atomic E-state index is 0.102. The molecule has 0 spiro atoms. The fourth-order valence-corrected chi connectivity index (χ4v) is 7.72. The fourth-order valence-electron chi connectivity index (χ4n) is 7.72. The SMILES string of the molecule is Cc1cc2c3c(c(C)oc3c1)-c1cc(N(c3ccccc3)c3ccccc3)cc3c1B2c1cc(C)cc2oc(C)c-3c12. The van der Waals surface area contributed by atoms with E-state index in [2.05, 4.69) is 130 Å². The lowest BCUT2D eigenvalue weighted by atomic mass is 9.31. The lowest BCUT2D eigenvalue weighted by Gasteiger charge is -2.34. The molecule has 4 heteroatoms. The predicted molar refractivity (Wildman–Crippen MR) is 175 cm³/mol. The van der Waals surface area contributed by atoms with Crippen molar-refractivity contribution in [3.8, 4) is 22.3 Å². The Morgan fingerprint density at radius 3 is 1.43 bits per heavy atom. The highest BCUT2D eigenvalue weighted by Crippen LogP contribution is 2.47. The standard InChI is InChI=1S/C38H28BNO2/c1-21-15-30-36-32(17-21)41-23(3)34(36)28-19-27(40(25-11-7-5-8-12-25)26-13-9-6-10-14-26)20-29-35-24(4)42-33-18-22(2)16-31(37(33)35)39(30)38(28)29/h5-20H,1-4H3. The Kier molecular flexibility index (Phi) is 4.69. The molecule has 200 valence electrons. The number of fused-ring (bicyclic) bond motifs is 4. The van der Waals surface area contributed by atoms with Crippen LogP contribution in [0.15, 0.2) is 106 Å². The molecule has 0 saturated heterocycles. The van der Waals surface area contributed by atoms with Crippen LogP contribution < -0.4 is 21.3 Å². The van der Waals surface area contributed by atoms with E-state index in [-0.39, 0.29) is 6.71 Å². The summed E-state index contributed by atoms with van der Waals surface area (Å²) in [6.45, 7) is 8.67. The molecular formula is C38H28BNO2. The van der Waals surface area contributed by atoms with Gasteiger partial charge in [0, 0.05) is 39.0 Å². The zero-order valence-corrected chi connectivity index (χ0v) is 24.1. The van der Waals surface area contributed by atoms with Crippen LogP contribution >= 0.6 is 0 Å². The third-order valence-electron chi connectivity index (χ3n) is 9.19. The van der Waals surface area contributed by atoms with Crippen LogP contribution in [0.4, 0.5) is 17.1 Å². The summed E-state index contributed by atoms with van der Waals surface area (Å²) in [5, 5.41) is 2.48. The molecule has 2 aromatic heterocycles. The molecule has 0 bridgehead atoms. The van der Waals surface area contributed by atoms with Gasteiger partial charge >= 0.3 is 0 Å². The van der Waals surface area contributed by atoms with Gasteiger partial charge < -0.3 is 13.7 Å². The zero-order chi connectivity index (χ0) is 28.3. The summed E-state index contributed by atoms with van der Waals surface area (Å²) in [4.78, 5) is 2.36. The van der Waals surface area contributed by atoms with E-state index in [1.165, 1.54) is 60.5 Å². The van der Waals surface area contributed by atoms with Gasteiger partial charge in [-0.25, -0.2) is 0 Å². The first-order valence-electron chi connectivity index (χ1n) is 14.6. The van der Waals surface area contributed by atoms with E-state index < -0.39 is 0 Å². The summed E-state index contributed by atoms with van der Waals surface area (Å²) in [5.74, 6) is 1.93. The second-order valence-corrected chi connectivity index (χ2v) is 11.9. The minimum Gasteiger partial charge on any atom is -0.461 e. The number of hydrogen-bond donors (Lipinski definition) is 0. The molecule has 0 saturated carbocycles. The Morgan fingerprint density at radius 1 is 0.524 bits per heavy atom. The van der Waals surface area contributed by atoms with E-state index in [4.69, 9.17) is 8.83 Å². The smallest absolute Gasteiger partial charge is 0.244 e. The van der Waals surface area contributed by atoms with Crippen molar-refractivity contribution in [1.29, 1.82) is 0 Å². The molecule has 0 amide bonds. The molecule has 42 heavy (non-hydrogen) atoms. The van der Waals surface area contributed by atoms with Gasteiger partial charge in [0.1, 0.15) is 22.7 Å². The van der Waals surface area contributed by atoms with Gasteiger partial charge in [-0.05, 0) is 98.5 Å². The first kappa shape index (κ1) is 23.7. The highest BCUT2D eigenvalue weighted by Gasteiger charge is 2.42. The lowest BCUT2D eigenvalue weighted by Crippen LogP contribution is -2.57. The summed E-state index contributed by atoms with van der Waals surface area (Å²) in [6.07, 6.45) is 0. The Bertz CT molecular complexity index is 2090. The van der Waals surface area contributed by atoms with Gasteiger partial charge in [0.25, 0.3) is 0 Å². The van der Waals surface area contributed by atoms with E-state index >= 15 is 0 Å². The van der Waals surface area contributed by atoms with Crippen molar-refractivity contribution in [3.05, 3.63) is 120 Å². The Morgan fingerprint density at radius 2 is 0.976 bits per heavy atom. The molecule has 0 unspecified atom stereocenters. The van der Waals surface area contributed by atoms with Gasteiger partial charge in [-0.2, -0.15) is 0 Å². The highest BCUT2D eigenvalue weighted by atomic mass is 16.3. The molecule has 0 aliphatic carbocycles. The molecular weight excluding hydrogens is 513 g/mol. The van der Waals surface area contributed by atoms with Crippen molar-refractivity contribution < 1.29 is 8.83 Å². The molecule has 9 rings (SSSR count). The number of para-hydroxylation sites is 2. The summed E-state index contributed by atoms with van der Waals surface area (Å²) < 4.78 is 13.0. The Hall–Kier alpha value is -4.96. The fraction of sp³-hybridized carbons (Fsp3) is 0.105. The summed E-state index contributed by atoms with van der Waals surface area (Å²) in [6, 6.07) is 35.2. The summed E-state index contributed by atoms with van der Waals surface area (Å²) in [7, 11) is 0. The van der Waals surface area contributed by atoms with Gasteiger partial charge in [-0.15, -0.1) is 0 Å². The van der Waals surface area contributed by atoms with Crippen molar-refractivity contribution in [2.24, 2.45) is 0 Å². The van der Waals surface area contributed by atoms with Crippen LogP contribution in [0, 0.1) is 27.7 Å². The van der Waals surface area contributed by atoms with E-state index in [0.717, 1.165) is 39.7 Å². The first-order chi connectivity index (χ1) is 20.5. The molecule has 0 fully saturated rings. The van der Waals surface area contributed by atoms with Crippen LogP contribution in [0.5, 0.6) is 0 Å². The van der Waals surface area contributed by atoms with E-state index in [0.29, 0.717) is 0 Å². The maximum Gasteiger partial charge on any atom is 0.244 e. The molecule has 0 radical (unpaired) electrons. The predicted octanol–water partition coefficient (Wildman–Crippen LogP) is 8.36. The topological polar surface area (TPSA) is 29.5 Å². The third kappa shape index (κ3) is 3.07. The van der Waals surface area contributed by atoms with E-state index in [1.54, 1.807) is 0 Å². The Balaban J connectivity index is 1.46. The quantitative estimate of drug-likeness (QED) is 0.211. The van der Waals surface area contributed by atoms with Crippen LogP contribution in [0.3, 0.4) is 0 Å². The molecule has 2 aliphatic rings. The molecule has 0 atom stereocenters. The van der Waals surface area contributed by atoms with Crippen molar-refractivity contribution in [2.75, 3.05) is 4.90 Å². The van der Waals surface area contributed by atoms with Crippen LogP contribution in [0.2, 0.25) is 0 Å². The van der Waals surface area contributed by atoms with Crippen molar-refractivity contribution in [1.82, 2.24) is 0 Å². The number of aryl methyl sites for hydroxylation is 4. The third-order valence-corrected chi connectivity index (χ3v) is 9.19. The van der Waals surface area contributed by atoms with Crippen LogP contribution in [-0.4, -0.2) is 6.71 Å². The monoisotopic (exact) mass is 541 g/mol.